The summed E-state index contributed by atoms with van der Waals surface area (Å²) in [6.45, 7) is 7.13. The summed E-state index contributed by atoms with van der Waals surface area (Å²) in [5, 5.41) is 10.0. The molecule has 36 heavy (non-hydrogen) atoms. The van der Waals surface area contributed by atoms with Gasteiger partial charge in [0.15, 0.2) is 0 Å². The van der Waals surface area contributed by atoms with Gasteiger partial charge in [0.2, 0.25) is 0 Å². The van der Waals surface area contributed by atoms with Crippen LogP contribution in [0.4, 0.5) is 42.5 Å². The van der Waals surface area contributed by atoms with Crippen molar-refractivity contribution in [3.8, 4) is 6.07 Å². The first-order chi connectivity index (χ1) is 16.7. The van der Waals surface area contributed by atoms with E-state index >= 15 is 0 Å². The van der Waals surface area contributed by atoms with Gasteiger partial charge in [0.1, 0.15) is 6.04 Å². The lowest BCUT2D eigenvalue weighted by Crippen LogP contribution is -2.52. The fourth-order valence-corrected chi connectivity index (χ4v) is 4.27. The zero-order valence-corrected chi connectivity index (χ0v) is 20.1. The number of nitriles is 1. The predicted molar refractivity (Wildman–Crippen MR) is 122 cm³/mol. The molecule has 1 amide bonds. The lowest BCUT2D eigenvalue weighted by Gasteiger charge is -2.44. The Hall–Kier alpha value is -3.42. The number of nitrogens with zero attached hydrogens (tertiary/aromatic N) is 3. The molecule has 0 N–H and O–H groups in total. The van der Waals surface area contributed by atoms with Crippen LogP contribution < -0.4 is 9.80 Å². The number of ether oxygens (including phenoxy) is 1. The molecule has 3 rings (SSSR count). The molecular weight excluding hydrogens is 488 g/mol. The normalized spacial score (nSPS) is 16.9. The number of carbonyl (C=O) groups is 1. The standard InChI is InChI=1S/C25H25F6N3O2/c1-5-19-13-33(20-7-14(3)15(4)8-21(20)34(19)23(35)36-6-2)22(12-32)16-9-17(24(26,27)28)11-18(10-16)25(29,30)31/h7-11,19,22H,5-6,13H2,1-4H3/t19-,22-/m0/s1. The topological polar surface area (TPSA) is 56.6 Å². The number of amides is 1. The highest BCUT2D eigenvalue weighted by molar-refractivity contribution is 5.95. The van der Waals surface area contributed by atoms with E-state index in [9.17, 15) is 36.4 Å². The van der Waals surface area contributed by atoms with E-state index in [0.29, 0.717) is 29.9 Å². The molecular formula is C25H25F6N3O2. The second-order valence-electron chi connectivity index (χ2n) is 8.58. The highest BCUT2D eigenvalue weighted by atomic mass is 19.4. The molecule has 0 aliphatic carbocycles. The van der Waals surface area contributed by atoms with E-state index in [1.54, 1.807) is 32.9 Å². The van der Waals surface area contributed by atoms with Crippen molar-refractivity contribution in [2.75, 3.05) is 23.0 Å². The summed E-state index contributed by atoms with van der Waals surface area (Å²) < 4.78 is 86.1. The average molecular weight is 513 g/mol. The molecule has 5 nitrogen and oxygen atoms in total. The number of rotatable bonds is 4. The maximum atomic E-state index is 13.5. The van der Waals surface area contributed by atoms with Gasteiger partial charge in [0.25, 0.3) is 0 Å². The number of halogens is 6. The minimum Gasteiger partial charge on any atom is -0.449 e. The zero-order valence-electron chi connectivity index (χ0n) is 20.1. The second-order valence-corrected chi connectivity index (χ2v) is 8.58. The van der Waals surface area contributed by atoms with Crippen LogP contribution >= 0.6 is 0 Å². The van der Waals surface area contributed by atoms with Crippen molar-refractivity contribution >= 4 is 17.5 Å². The van der Waals surface area contributed by atoms with Gasteiger partial charge in [0, 0.05) is 6.54 Å². The Bertz CT molecular complexity index is 1150. The third-order valence-corrected chi connectivity index (χ3v) is 6.23. The molecule has 1 heterocycles. The van der Waals surface area contributed by atoms with E-state index in [2.05, 4.69) is 0 Å². The molecule has 194 valence electrons. The maximum absolute atomic E-state index is 13.5. The predicted octanol–water partition coefficient (Wildman–Crippen LogP) is 7.17. The van der Waals surface area contributed by atoms with Crippen LogP contribution in [0.15, 0.2) is 30.3 Å². The molecule has 0 saturated carbocycles. The Kier molecular flexibility index (Phi) is 7.48. The van der Waals surface area contributed by atoms with Crippen molar-refractivity contribution in [2.24, 2.45) is 0 Å². The Labute approximate surface area is 204 Å². The molecule has 1 aliphatic heterocycles. The zero-order chi connectivity index (χ0) is 27.0. The van der Waals surface area contributed by atoms with Crippen LogP contribution in [-0.4, -0.2) is 25.3 Å². The molecule has 0 radical (unpaired) electrons. The molecule has 0 saturated heterocycles. The van der Waals surface area contributed by atoms with Crippen LogP contribution in [0.1, 0.15) is 54.1 Å². The van der Waals surface area contributed by atoms with E-state index in [-0.39, 0.29) is 19.2 Å². The van der Waals surface area contributed by atoms with Crippen molar-refractivity contribution in [2.45, 2.75) is 58.6 Å². The summed E-state index contributed by atoms with van der Waals surface area (Å²) in [6, 6.07) is 4.43. The van der Waals surface area contributed by atoms with Crippen molar-refractivity contribution in [3.63, 3.8) is 0 Å². The molecule has 0 fully saturated rings. The summed E-state index contributed by atoms with van der Waals surface area (Å²) >= 11 is 0. The van der Waals surface area contributed by atoms with Crippen molar-refractivity contribution < 1.29 is 35.9 Å². The molecule has 0 unspecified atom stereocenters. The monoisotopic (exact) mass is 513 g/mol. The number of benzene rings is 2. The van der Waals surface area contributed by atoms with Gasteiger partial charge in [-0.1, -0.05) is 6.92 Å². The molecule has 2 aromatic rings. The van der Waals surface area contributed by atoms with Crippen LogP contribution in [0.3, 0.4) is 0 Å². The number of hydrogen-bond donors (Lipinski definition) is 0. The molecule has 0 spiro atoms. The first-order valence-corrected chi connectivity index (χ1v) is 11.3. The second kappa shape index (κ2) is 9.91. The minimum absolute atomic E-state index is 0.000634. The first-order valence-electron chi connectivity index (χ1n) is 11.3. The minimum atomic E-state index is -5.05. The summed E-state index contributed by atoms with van der Waals surface area (Å²) in [4.78, 5) is 15.7. The number of aryl methyl sites for hydroxylation is 2. The van der Waals surface area contributed by atoms with Gasteiger partial charge in [-0.25, -0.2) is 4.79 Å². The summed E-state index contributed by atoms with van der Waals surface area (Å²) in [5.74, 6) is 0. The first kappa shape index (κ1) is 27.2. The van der Waals surface area contributed by atoms with Gasteiger partial charge >= 0.3 is 18.4 Å². The third-order valence-electron chi connectivity index (χ3n) is 6.23. The lowest BCUT2D eigenvalue weighted by atomic mass is 9.95. The molecule has 1 aliphatic rings. The summed E-state index contributed by atoms with van der Waals surface area (Å²) in [5.41, 5.74) is -1.13. The van der Waals surface area contributed by atoms with Crippen molar-refractivity contribution in [1.82, 2.24) is 0 Å². The van der Waals surface area contributed by atoms with Crippen molar-refractivity contribution in [1.29, 1.82) is 5.26 Å². The fourth-order valence-electron chi connectivity index (χ4n) is 4.27. The van der Waals surface area contributed by atoms with E-state index in [0.717, 1.165) is 11.1 Å². The maximum Gasteiger partial charge on any atom is 0.416 e. The average Bonchev–Trinajstić information content (AvgIpc) is 2.79. The van der Waals surface area contributed by atoms with Gasteiger partial charge in [-0.05, 0) is 74.2 Å². The molecule has 11 heteroatoms. The van der Waals surface area contributed by atoms with Crippen molar-refractivity contribution in [3.05, 3.63) is 58.1 Å². The van der Waals surface area contributed by atoms with Crippen LogP contribution in [-0.2, 0) is 17.1 Å². The smallest absolute Gasteiger partial charge is 0.416 e. The van der Waals surface area contributed by atoms with Gasteiger partial charge in [-0.2, -0.15) is 31.6 Å². The van der Waals surface area contributed by atoms with E-state index in [1.807, 2.05) is 13.0 Å². The Balaban J connectivity index is 2.24. The quantitative estimate of drug-likeness (QED) is 0.407. The van der Waals surface area contributed by atoms with Crippen LogP contribution in [0, 0.1) is 25.2 Å². The number of anilines is 2. The summed E-state index contributed by atoms with van der Waals surface area (Å²) in [7, 11) is 0. The van der Waals surface area contributed by atoms with Gasteiger partial charge in [0.05, 0.1) is 41.2 Å². The molecule has 2 atom stereocenters. The lowest BCUT2D eigenvalue weighted by molar-refractivity contribution is -0.143. The van der Waals surface area contributed by atoms with E-state index < -0.39 is 47.2 Å². The molecule has 0 aromatic heterocycles. The third kappa shape index (κ3) is 5.22. The van der Waals surface area contributed by atoms with Crippen LogP contribution in [0.2, 0.25) is 0 Å². The number of hydrogen-bond acceptors (Lipinski definition) is 4. The largest absolute Gasteiger partial charge is 0.449 e. The highest BCUT2D eigenvalue weighted by Crippen LogP contribution is 2.44. The highest BCUT2D eigenvalue weighted by Gasteiger charge is 2.41. The Morgan fingerprint density at radius 1 is 1.00 bits per heavy atom. The molecule has 2 aromatic carbocycles. The van der Waals surface area contributed by atoms with E-state index in [4.69, 9.17) is 4.74 Å². The Morgan fingerprint density at radius 3 is 1.97 bits per heavy atom. The van der Waals surface area contributed by atoms with Gasteiger partial charge in [-0.15, -0.1) is 0 Å². The fraction of sp³-hybridized carbons (Fsp3) is 0.440. The molecule has 0 bridgehead atoms. The number of alkyl halides is 6. The number of fused-ring (bicyclic) bond motifs is 1. The Morgan fingerprint density at radius 2 is 1.53 bits per heavy atom. The van der Waals surface area contributed by atoms with E-state index in [1.165, 1.54) is 9.80 Å². The summed E-state index contributed by atoms with van der Waals surface area (Å²) in [6.07, 6.45) is -10.3. The number of carbonyl (C=O) groups excluding carboxylic acids is 1. The van der Waals surface area contributed by atoms with Crippen LogP contribution in [0.25, 0.3) is 0 Å². The van der Waals surface area contributed by atoms with Gasteiger partial charge < -0.3 is 9.64 Å². The van der Waals surface area contributed by atoms with Gasteiger partial charge in [-0.3, -0.25) is 4.90 Å². The SMILES string of the molecule is CCOC(=O)N1c2cc(C)c(C)cc2N([C@@H](C#N)c2cc(C(F)(F)F)cc(C(F)(F)F)c2)C[C@@H]1CC. The van der Waals surface area contributed by atoms with Crippen LogP contribution in [0.5, 0.6) is 0 Å².